The molecule has 2 aromatic carbocycles. The SMILES string of the molecule is COc1ccc([C@]2(CCN(Cc3ccc(C4CCC(C=O)CC4)cc3)CC(C)(C)C(F)(F)F)CCOC(C)(C)C2)cc1. The Kier molecular flexibility index (Phi) is 10.1. The van der Waals surface area contributed by atoms with E-state index in [9.17, 15) is 18.0 Å². The number of rotatable bonds is 11. The molecule has 0 aromatic heterocycles. The molecule has 0 bridgehead atoms. The van der Waals surface area contributed by atoms with Crippen molar-refractivity contribution in [1.29, 1.82) is 0 Å². The number of methoxy groups -OCH3 is 1. The van der Waals surface area contributed by atoms with Crippen molar-refractivity contribution in [1.82, 2.24) is 4.90 Å². The Hall–Kier alpha value is -2.38. The van der Waals surface area contributed by atoms with Gasteiger partial charge in [0.2, 0.25) is 0 Å². The van der Waals surface area contributed by atoms with Gasteiger partial charge in [0.05, 0.1) is 18.1 Å². The van der Waals surface area contributed by atoms with Crippen molar-refractivity contribution in [2.24, 2.45) is 11.3 Å². The first-order valence-electron chi connectivity index (χ1n) is 15.4. The van der Waals surface area contributed by atoms with Crippen molar-refractivity contribution in [3.05, 3.63) is 65.2 Å². The van der Waals surface area contributed by atoms with Crippen LogP contribution in [0.5, 0.6) is 5.75 Å². The molecule has 7 heteroatoms. The van der Waals surface area contributed by atoms with E-state index >= 15 is 0 Å². The van der Waals surface area contributed by atoms with E-state index in [1.54, 1.807) is 7.11 Å². The lowest BCUT2D eigenvalue weighted by Gasteiger charge is -2.46. The highest BCUT2D eigenvalue weighted by Gasteiger charge is 2.48. The summed E-state index contributed by atoms with van der Waals surface area (Å²) in [7, 11) is 1.65. The minimum Gasteiger partial charge on any atom is -0.497 e. The Morgan fingerprint density at radius 2 is 1.64 bits per heavy atom. The van der Waals surface area contributed by atoms with Gasteiger partial charge in [-0.2, -0.15) is 13.2 Å². The molecule has 1 saturated carbocycles. The van der Waals surface area contributed by atoms with E-state index in [2.05, 4.69) is 50.2 Å². The van der Waals surface area contributed by atoms with Gasteiger partial charge in [0.1, 0.15) is 12.0 Å². The fourth-order valence-electron chi connectivity index (χ4n) is 7.00. The largest absolute Gasteiger partial charge is 0.497 e. The number of nitrogens with zero attached hydrogens (tertiary/aromatic N) is 1. The van der Waals surface area contributed by atoms with E-state index in [1.807, 2.05) is 17.0 Å². The third kappa shape index (κ3) is 7.96. The molecule has 0 amide bonds. The predicted octanol–water partition coefficient (Wildman–Crippen LogP) is 8.48. The highest BCUT2D eigenvalue weighted by atomic mass is 19.4. The van der Waals surface area contributed by atoms with Crippen LogP contribution in [0.2, 0.25) is 0 Å². The van der Waals surface area contributed by atoms with Gasteiger partial charge in [-0.1, -0.05) is 36.4 Å². The quantitative estimate of drug-likeness (QED) is 0.247. The van der Waals surface area contributed by atoms with Crippen molar-refractivity contribution < 1.29 is 27.4 Å². The standard InChI is InChI=1S/C35H48F3NO3/c1-32(2,35(36,37)38)25-39(22-26-6-10-28(11-7-26)29-12-8-27(23-40)9-13-29)20-18-34(19-21-42-33(3,4)24-34)30-14-16-31(41-5)17-15-30/h6-7,10-11,14-17,23,27,29H,8-9,12-13,18-22,24-25H2,1-5H3/t27?,29?,34-/m1/s1. The number of benzene rings is 2. The molecule has 0 unspecified atom stereocenters. The first-order valence-corrected chi connectivity index (χ1v) is 15.4. The van der Waals surface area contributed by atoms with Crippen LogP contribution >= 0.6 is 0 Å². The van der Waals surface area contributed by atoms with Gasteiger partial charge in [-0.25, -0.2) is 0 Å². The first-order chi connectivity index (χ1) is 19.8. The van der Waals surface area contributed by atoms with Crippen LogP contribution in [0.15, 0.2) is 48.5 Å². The van der Waals surface area contributed by atoms with Crippen LogP contribution in [0.4, 0.5) is 13.2 Å². The molecular formula is C35H48F3NO3. The molecule has 0 N–H and O–H groups in total. The lowest BCUT2D eigenvalue weighted by Crippen LogP contribution is -2.47. The second kappa shape index (κ2) is 13.1. The zero-order valence-electron chi connectivity index (χ0n) is 25.9. The normalized spacial score (nSPS) is 24.9. The number of carbonyl (C=O) groups is 1. The Labute approximate surface area is 250 Å². The average molecular weight is 588 g/mol. The fourth-order valence-corrected chi connectivity index (χ4v) is 7.00. The number of aldehydes is 1. The highest BCUT2D eigenvalue weighted by Crippen LogP contribution is 2.45. The van der Waals surface area contributed by atoms with E-state index in [0.29, 0.717) is 25.6 Å². The predicted molar refractivity (Wildman–Crippen MR) is 161 cm³/mol. The van der Waals surface area contributed by atoms with E-state index in [0.717, 1.165) is 62.5 Å². The monoisotopic (exact) mass is 587 g/mol. The van der Waals surface area contributed by atoms with Gasteiger partial charge in [0, 0.05) is 31.0 Å². The van der Waals surface area contributed by atoms with E-state index in [1.165, 1.54) is 25.0 Å². The third-order valence-electron chi connectivity index (χ3n) is 9.65. The Bertz CT molecular complexity index is 1150. The van der Waals surface area contributed by atoms with Crippen molar-refractivity contribution in [3.8, 4) is 5.75 Å². The maximum Gasteiger partial charge on any atom is 0.395 e. The van der Waals surface area contributed by atoms with Crippen molar-refractivity contribution >= 4 is 6.29 Å². The van der Waals surface area contributed by atoms with Gasteiger partial charge in [-0.05, 0) is 114 Å². The molecule has 2 fully saturated rings. The molecular weight excluding hydrogens is 539 g/mol. The fraction of sp³-hybridized carbons (Fsp3) is 0.629. The molecule has 232 valence electrons. The second-order valence-electron chi connectivity index (χ2n) is 13.9. The van der Waals surface area contributed by atoms with E-state index < -0.39 is 11.6 Å². The molecule has 0 spiro atoms. The zero-order valence-corrected chi connectivity index (χ0v) is 25.9. The number of hydrogen-bond acceptors (Lipinski definition) is 4. The average Bonchev–Trinajstić information content (AvgIpc) is 2.95. The van der Waals surface area contributed by atoms with Crippen LogP contribution in [0.1, 0.15) is 95.2 Å². The number of carbonyl (C=O) groups excluding carboxylic acids is 1. The van der Waals surface area contributed by atoms with Gasteiger partial charge in [-0.15, -0.1) is 0 Å². The summed E-state index contributed by atoms with van der Waals surface area (Å²) in [5, 5.41) is 0. The Balaban J connectivity index is 1.55. The topological polar surface area (TPSA) is 38.8 Å². The smallest absolute Gasteiger partial charge is 0.395 e. The summed E-state index contributed by atoms with van der Waals surface area (Å²) >= 11 is 0. The van der Waals surface area contributed by atoms with Gasteiger partial charge in [0.15, 0.2) is 0 Å². The van der Waals surface area contributed by atoms with Crippen LogP contribution in [0.25, 0.3) is 0 Å². The van der Waals surface area contributed by atoms with E-state index in [-0.39, 0.29) is 23.5 Å². The highest BCUT2D eigenvalue weighted by molar-refractivity contribution is 5.53. The van der Waals surface area contributed by atoms with Crippen LogP contribution in [-0.4, -0.2) is 49.8 Å². The second-order valence-corrected chi connectivity index (χ2v) is 13.9. The van der Waals surface area contributed by atoms with Gasteiger partial charge in [-0.3, -0.25) is 4.90 Å². The van der Waals surface area contributed by atoms with Crippen LogP contribution in [0.3, 0.4) is 0 Å². The maximum absolute atomic E-state index is 14.1. The Morgan fingerprint density at radius 1 is 1.00 bits per heavy atom. The van der Waals surface area contributed by atoms with Gasteiger partial charge >= 0.3 is 6.18 Å². The summed E-state index contributed by atoms with van der Waals surface area (Å²) in [6.07, 6.45) is 2.98. The summed E-state index contributed by atoms with van der Waals surface area (Å²) < 4.78 is 53.7. The molecule has 42 heavy (non-hydrogen) atoms. The number of halogens is 3. The van der Waals surface area contributed by atoms with Crippen LogP contribution in [-0.2, 0) is 21.5 Å². The van der Waals surface area contributed by atoms with E-state index in [4.69, 9.17) is 9.47 Å². The first kappa shape index (κ1) is 32.5. The molecule has 4 rings (SSSR count). The summed E-state index contributed by atoms with van der Waals surface area (Å²) in [4.78, 5) is 13.1. The lowest BCUT2D eigenvalue weighted by molar-refractivity contribution is -0.217. The summed E-state index contributed by atoms with van der Waals surface area (Å²) in [5.41, 5.74) is 1.08. The number of hydrogen-bond donors (Lipinski definition) is 0. The van der Waals surface area contributed by atoms with Crippen molar-refractivity contribution in [2.45, 2.75) is 102 Å². The maximum atomic E-state index is 14.1. The molecule has 1 aliphatic heterocycles. The molecule has 1 atom stereocenters. The van der Waals surface area contributed by atoms with Gasteiger partial charge < -0.3 is 14.3 Å². The molecule has 2 aliphatic rings. The third-order valence-corrected chi connectivity index (χ3v) is 9.65. The summed E-state index contributed by atoms with van der Waals surface area (Å²) in [6, 6.07) is 16.6. The number of ether oxygens (including phenoxy) is 2. The summed E-state index contributed by atoms with van der Waals surface area (Å²) in [6.45, 7) is 8.33. The molecule has 0 radical (unpaired) electrons. The molecule has 2 aromatic rings. The summed E-state index contributed by atoms with van der Waals surface area (Å²) in [5.74, 6) is 1.40. The zero-order chi connectivity index (χ0) is 30.6. The minimum atomic E-state index is -4.30. The minimum absolute atomic E-state index is 0.0768. The van der Waals surface area contributed by atoms with Crippen LogP contribution in [0, 0.1) is 11.3 Å². The van der Waals surface area contributed by atoms with Crippen LogP contribution < -0.4 is 4.74 Å². The van der Waals surface area contributed by atoms with Crippen molar-refractivity contribution in [3.63, 3.8) is 0 Å². The molecule has 4 nitrogen and oxygen atoms in total. The number of alkyl halides is 3. The lowest BCUT2D eigenvalue weighted by atomic mass is 9.67. The molecule has 1 aliphatic carbocycles. The van der Waals surface area contributed by atoms with Gasteiger partial charge in [0.25, 0.3) is 0 Å². The molecule has 1 saturated heterocycles. The Morgan fingerprint density at radius 3 is 2.19 bits per heavy atom. The molecule has 1 heterocycles. The van der Waals surface area contributed by atoms with Crippen molar-refractivity contribution in [2.75, 3.05) is 26.8 Å².